The number of nitro benzene ring substituents is 1. The zero-order valence-electron chi connectivity index (χ0n) is 17.5. The number of halogens is 2. The van der Waals surface area contributed by atoms with Crippen LogP contribution in [0.2, 0.25) is 10.0 Å². The van der Waals surface area contributed by atoms with Gasteiger partial charge in [-0.05, 0) is 18.2 Å². The first-order chi connectivity index (χ1) is 16.3. The fraction of sp³-hybridized carbons (Fsp3) is 0.143. The number of thioether (sulfide) groups is 1. The Hall–Kier alpha value is -3.41. The first-order valence-corrected chi connectivity index (χ1v) is 11.5. The number of carbonyl (C=O) groups excluding carboxylic acids is 2. The number of benzene rings is 2. The van der Waals surface area contributed by atoms with Gasteiger partial charge in [-0.25, -0.2) is 0 Å². The van der Waals surface area contributed by atoms with Gasteiger partial charge in [-0.1, -0.05) is 53.2 Å². The van der Waals surface area contributed by atoms with Crippen molar-refractivity contribution in [2.75, 3.05) is 11.1 Å². The van der Waals surface area contributed by atoms with Crippen LogP contribution in [-0.4, -0.2) is 37.3 Å². The molecule has 0 atom stereocenters. The molecule has 0 aliphatic carbocycles. The van der Waals surface area contributed by atoms with E-state index in [0.717, 1.165) is 11.8 Å². The number of amides is 2. The molecule has 0 fully saturated rings. The SMILES string of the molecule is C=CCn1c(CNC(=O)c2ccccc2Cl)nnc1SCC(=O)Nc1cc([N+](=O)[O-])ccc1Cl. The highest BCUT2D eigenvalue weighted by molar-refractivity contribution is 7.99. The maximum Gasteiger partial charge on any atom is 0.271 e. The van der Waals surface area contributed by atoms with E-state index in [1.807, 2.05) is 0 Å². The molecule has 0 bridgehead atoms. The van der Waals surface area contributed by atoms with Gasteiger partial charge in [0.25, 0.3) is 11.6 Å². The lowest BCUT2D eigenvalue weighted by Gasteiger charge is -2.10. The zero-order chi connectivity index (χ0) is 24.7. The maximum absolute atomic E-state index is 12.4. The monoisotopic (exact) mass is 520 g/mol. The third-order valence-corrected chi connectivity index (χ3v) is 6.02. The van der Waals surface area contributed by atoms with Gasteiger partial charge >= 0.3 is 0 Å². The highest BCUT2D eigenvalue weighted by Crippen LogP contribution is 2.27. The van der Waals surface area contributed by atoms with Crippen molar-refractivity contribution in [1.29, 1.82) is 0 Å². The van der Waals surface area contributed by atoms with Gasteiger partial charge in [0.1, 0.15) is 0 Å². The predicted octanol–water partition coefficient (Wildman–Crippen LogP) is 4.34. The lowest BCUT2D eigenvalue weighted by Crippen LogP contribution is -2.25. The van der Waals surface area contributed by atoms with E-state index in [4.69, 9.17) is 23.2 Å². The summed E-state index contributed by atoms with van der Waals surface area (Å²) < 4.78 is 1.71. The second kappa shape index (κ2) is 11.6. The summed E-state index contributed by atoms with van der Waals surface area (Å²) in [5, 5.41) is 25.4. The Balaban J connectivity index is 1.64. The van der Waals surface area contributed by atoms with Crippen molar-refractivity contribution in [3.05, 3.63) is 86.7 Å². The number of non-ortho nitro benzene ring substituents is 1. The molecule has 0 radical (unpaired) electrons. The Morgan fingerprint density at radius 3 is 2.65 bits per heavy atom. The fourth-order valence-electron chi connectivity index (χ4n) is 2.81. The van der Waals surface area contributed by atoms with Crippen molar-refractivity contribution in [2.45, 2.75) is 18.2 Å². The van der Waals surface area contributed by atoms with E-state index in [0.29, 0.717) is 28.1 Å². The minimum atomic E-state index is -0.579. The first kappa shape index (κ1) is 25.2. The predicted molar refractivity (Wildman–Crippen MR) is 130 cm³/mol. The third-order valence-electron chi connectivity index (χ3n) is 4.40. The number of nitrogens with zero attached hydrogens (tertiary/aromatic N) is 4. The van der Waals surface area contributed by atoms with E-state index in [1.165, 1.54) is 18.2 Å². The lowest BCUT2D eigenvalue weighted by atomic mass is 10.2. The van der Waals surface area contributed by atoms with Crippen LogP contribution in [0.4, 0.5) is 11.4 Å². The molecule has 13 heteroatoms. The second-order valence-electron chi connectivity index (χ2n) is 6.72. The van der Waals surface area contributed by atoms with E-state index in [9.17, 15) is 19.7 Å². The molecule has 1 aromatic heterocycles. The van der Waals surface area contributed by atoms with Gasteiger partial charge in [0.2, 0.25) is 5.91 Å². The molecule has 34 heavy (non-hydrogen) atoms. The largest absolute Gasteiger partial charge is 0.345 e. The van der Waals surface area contributed by atoms with Gasteiger partial charge < -0.3 is 15.2 Å². The van der Waals surface area contributed by atoms with Gasteiger partial charge in [-0.3, -0.25) is 19.7 Å². The number of nitro groups is 1. The summed E-state index contributed by atoms with van der Waals surface area (Å²) in [6.07, 6.45) is 1.63. The molecule has 1 heterocycles. The van der Waals surface area contributed by atoms with Crippen molar-refractivity contribution in [3.8, 4) is 0 Å². The molecule has 3 aromatic rings. The van der Waals surface area contributed by atoms with Crippen LogP contribution in [0.3, 0.4) is 0 Å². The van der Waals surface area contributed by atoms with E-state index >= 15 is 0 Å². The van der Waals surface area contributed by atoms with Crippen LogP contribution in [0.15, 0.2) is 60.3 Å². The van der Waals surface area contributed by atoms with Crippen molar-refractivity contribution < 1.29 is 14.5 Å². The molecule has 176 valence electrons. The Morgan fingerprint density at radius 2 is 1.94 bits per heavy atom. The average molecular weight is 521 g/mol. The van der Waals surface area contributed by atoms with Crippen LogP contribution in [0.1, 0.15) is 16.2 Å². The van der Waals surface area contributed by atoms with Gasteiger partial charge in [0.15, 0.2) is 11.0 Å². The minimum Gasteiger partial charge on any atom is -0.345 e. The van der Waals surface area contributed by atoms with Gasteiger partial charge in [0, 0.05) is 18.7 Å². The van der Waals surface area contributed by atoms with Crippen LogP contribution in [0, 0.1) is 10.1 Å². The molecule has 2 amide bonds. The molecule has 0 unspecified atom stereocenters. The number of anilines is 1. The molecule has 3 rings (SSSR count). The number of aromatic nitrogens is 3. The van der Waals surface area contributed by atoms with E-state index in [2.05, 4.69) is 27.4 Å². The average Bonchev–Trinajstić information content (AvgIpc) is 3.19. The molecule has 0 aliphatic heterocycles. The standard InChI is InChI=1S/C21H18Cl2N6O4S/c1-2-9-28-18(11-24-20(31)14-5-3-4-6-15(14)22)26-27-21(28)34-12-19(30)25-17-10-13(29(32)33)7-8-16(17)23/h2-8,10H,1,9,11-12H2,(H,24,31)(H,25,30). The number of carbonyl (C=O) groups is 2. The highest BCUT2D eigenvalue weighted by Gasteiger charge is 2.17. The molecule has 2 aromatic carbocycles. The normalized spacial score (nSPS) is 10.5. The first-order valence-electron chi connectivity index (χ1n) is 9.72. The number of hydrogen-bond donors (Lipinski definition) is 2. The molecule has 0 saturated heterocycles. The van der Waals surface area contributed by atoms with Crippen molar-refractivity contribution in [3.63, 3.8) is 0 Å². The van der Waals surface area contributed by atoms with E-state index < -0.39 is 10.8 Å². The van der Waals surface area contributed by atoms with Crippen molar-refractivity contribution >= 4 is 58.2 Å². The topological polar surface area (TPSA) is 132 Å². The Morgan fingerprint density at radius 1 is 1.18 bits per heavy atom. The quantitative estimate of drug-likeness (QED) is 0.176. The Bertz CT molecular complexity index is 1250. The summed E-state index contributed by atoms with van der Waals surface area (Å²) in [5.74, 6) is -0.388. The highest BCUT2D eigenvalue weighted by atomic mass is 35.5. The molecule has 10 nitrogen and oxygen atoms in total. The van der Waals surface area contributed by atoms with Crippen LogP contribution in [-0.2, 0) is 17.9 Å². The summed E-state index contributed by atoms with van der Waals surface area (Å²) in [5.41, 5.74) is 0.281. The van der Waals surface area contributed by atoms with Crippen LogP contribution in [0.25, 0.3) is 0 Å². The summed E-state index contributed by atoms with van der Waals surface area (Å²) in [7, 11) is 0. The lowest BCUT2D eigenvalue weighted by molar-refractivity contribution is -0.384. The van der Waals surface area contributed by atoms with Crippen molar-refractivity contribution in [1.82, 2.24) is 20.1 Å². The summed E-state index contributed by atoms with van der Waals surface area (Å²) >= 11 is 13.2. The minimum absolute atomic E-state index is 0.0553. The van der Waals surface area contributed by atoms with Crippen LogP contribution in [0.5, 0.6) is 0 Å². The van der Waals surface area contributed by atoms with Gasteiger partial charge in [-0.15, -0.1) is 16.8 Å². The molecular formula is C21H18Cl2N6O4S. The third kappa shape index (κ3) is 6.34. The Labute approximate surface area is 208 Å². The number of hydrogen-bond acceptors (Lipinski definition) is 7. The van der Waals surface area contributed by atoms with Gasteiger partial charge in [0.05, 0.1) is 38.5 Å². The van der Waals surface area contributed by atoms with Crippen LogP contribution >= 0.6 is 35.0 Å². The fourth-order valence-corrected chi connectivity index (χ4v) is 3.96. The molecule has 0 aliphatic rings. The van der Waals surface area contributed by atoms with Gasteiger partial charge in [-0.2, -0.15) is 0 Å². The molecule has 0 spiro atoms. The molecular weight excluding hydrogens is 503 g/mol. The maximum atomic E-state index is 12.4. The zero-order valence-corrected chi connectivity index (χ0v) is 19.9. The number of allylic oxidation sites excluding steroid dienone is 1. The Kier molecular flexibility index (Phi) is 8.63. The molecule has 0 saturated carbocycles. The second-order valence-corrected chi connectivity index (χ2v) is 8.48. The molecule has 2 N–H and O–H groups in total. The number of rotatable bonds is 10. The summed E-state index contributed by atoms with van der Waals surface area (Å²) in [6.45, 7) is 4.15. The van der Waals surface area contributed by atoms with E-state index in [1.54, 1.807) is 34.9 Å². The number of nitrogens with one attached hydrogen (secondary N) is 2. The smallest absolute Gasteiger partial charge is 0.271 e. The van der Waals surface area contributed by atoms with Crippen LogP contribution < -0.4 is 10.6 Å². The summed E-state index contributed by atoms with van der Waals surface area (Å²) in [4.78, 5) is 35.2. The van der Waals surface area contributed by atoms with Crippen molar-refractivity contribution in [2.24, 2.45) is 0 Å². The van der Waals surface area contributed by atoms with E-state index in [-0.39, 0.29) is 34.6 Å². The summed E-state index contributed by atoms with van der Waals surface area (Å²) in [6, 6.07) is 10.4.